The molecule has 1 nitrogen and oxygen atoms in total. The zero-order chi connectivity index (χ0) is 7.84. The van der Waals surface area contributed by atoms with Gasteiger partial charge in [0.15, 0.2) is 0 Å². The molecule has 2 aromatic rings. The summed E-state index contributed by atoms with van der Waals surface area (Å²) in [5.41, 5.74) is 1.30. The lowest BCUT2D eigenvalue weighted by Gasteiger charge is -1.95. The third-order valence-electron chi connectivity index (χ3n) is 1.85. The van der Waals surface area contributed by atoms with Crippen LogP contribution >= 0.6 is 22.6 Å². The topological polar surface area (TPSA) is 4.93 Å². The van der Waals surface area contributed by atoms with Crippen LogP contribution in [0.2, 0.25) is 0 Å². The molecule has 0 bridgehead atoms. The molecule has 0 aliphatic rings. The molecule has 0 amide bonds. The van der Waals surface area contributed by atoms with Crippen molar-refractivity contribution in [1.82, 2.24) is 4.57 Å². The maximum atomic E-state index is 2.33. The highest BCUT2D eigenvalue weighted by Gasteiger charge is 1.96. The van der Waals surface area contributed by atoms with E-state index in [0.29, 0.717) is 0 Å². The minimum atomic E-state index is 1.29. The lowest BCUT2D eigenvalue weighted by atomic mass is 10.2. The van der Waals surface area contributed by atoms with E-state index in [2.05, 4.69) is 64.7 Å². The van der Waals surface area contributed by atoms with Crippen LogP contribution in [0.1, 0.15) is 0 Å². The molecule has 0 atom stereocenters. The summed E-state index contributed by atoms with van der Waals surface area (Å²) in [5.74, 6) is 0. The summed E-state index contributed by atoms with van der Waals surface area (Å²) >= 11 is 2.33. The number of fused-ring (bicyclic) bond motifs is 1. The summed E-state index contributed by atoms with van der Waals surface area (Å²) < 4.78 is 3.43. The first-order valence-corrected chi connectivity index (χ1v) is 4.56. The average Bonchev–Trinajstić information content (AvgIpc) is 2.33. The molecule has 0 fully saturated rings. The Hall–Kier alpha value is -0.510. The number of aromatic nitrogens is 1. The highest BCUT2D eigenvalue weighted by Crippen LogP contribution is 2.17. The molecule has 2 rings (SSSR count). The Labute approximate surface area is 79.2 Å². The monoisotopic (exact) mass is 257 g/mol. The summed E-state index contributed by atoms with van der Waals surface area (Å²) in [5, 5.41) is 1.31. The van der Waals surface area contributed by atoms with Crippen LogP contribution in [-0.4, -0.2) is 4.57 Å². The van der Waals surface area contributed by atoms with Gasteiger partial charge in [0.1, 0.15) is 0 Å². The van der Waals surface area contributed by atoms with Gasteiger partial charge in [-0.3, -0.25) is 0 Å². The lowest BCUT2D eigenvalue weighted by molar-refractivity contribution is 0.969. The van der Waals surface area contributed by atoms with Gasteiger partial charge < -0.3 is 4.57 Å². The van der Waals surface area contributed by atoms with Crippen LogP contribution in [0.3, 0.4) is 0 Å². The molecule has 0 spiro atoms. The maximum Gasteiger partial charge on any atom is 0.0488 e. The Morgan fingerprint density at radius 2 is 2.09 bits per heavy atom. The summed E-state index contributed by atoms with van der Waals surface area (Å²) in [6.07, 6.45) is 2.08. The molecule has 0 saturated heterocycles. The van der Waals surface area contributed by atoms with Crippen LogP contribution in [0, 0.1) is 3.57 Å². The van der Waals surface area contributed by atoms with Gasteiger partial charge in [0.25, 0.3) is 0 Å². The van der Waals surface area contributed by atoms with Crippen molar-refractivity contribution in [2.24, 2.45) is 7.05 Å². The van der Waals surface area contributed by atoms with E-state index in [1.807, 2.05) is 0 Å². The predicted molar refractivity (Wildman–Crippen MR) is 55.6 cm³/mol. The number of hydrogen-bond acceptors (Lipinski definition) is 0. The van der Waals surface area contributed by atoms with E-state index >= 15 is 0 Å². The number of hydrogen-bond donors (Lipinski definition) is 0. The summed E-state index contributed by atoms with van der Waals surface area (Å²) in [6.45, 7) is 0. The molecule has 0 unspecified atom stereocenters. The van der Waals surface area contributed by atoms with Crippen molar-refractivity contribution in [3.63, 3.8) is 0 Å². The standard InChI is InChI=1S/C9H8IN/c1-11-5-4-7-2-3-8(10)6-9(7)11/h2-6H,1H3. The highest BCUT2D eigenvalue weighted by atomic mass is 127. The fraction of sp³-hybridized carbons (Fsp3) is 0.111. The lowest BCUT2D eigenvalue weighted by Crippen LogP contribution is -1.83. The molecule has 0 radical (unpaired) electrons. The third-order valence-corrected chi connectivity index (χ3v) is 2.52. The first-order valence-electron chi connectivity index (χ1n) is 3.48. The van der Waals surface area contributed by atoms with Crippen molar-refractivity contribution >= 4 is 33.5 Å². The largest absolute Gasteiger partial charge is 0.351 e. The molecule has 0 aliphatic carbocycles. The van der Waals surface area contributed by atoms with Gasteiger partial charge in [-0.05, 0) is 46.2 Å². The second kappa shape index (κ2) is 2.52. The highest BCUT2D eigenvalue weighted by molar-refractivity contribution is 14.1. The normalized spacial score (nSPS) is 10.7. The second-order valence-corrected chi connectivity index (χ2v) is 3.88. The van der Waals surface area contributed by atoms with E-state index in [1.165, 1.54) is 14.5 Å². The quantitative estimate of drug-likeness (QED) is 0.639. The van der Waals surface area contributed by atoms with Gasteiger partial charge >= 0.3 is 0 Å². The number of nitrogens with zero attached hydrogens (tertiary/aromatic N) is 1. The SMILES string of the molecule is Cn1ccc2ccc(I)cc21. The number of aryl methyl sites for hydroxylation is 1. The summed E-state index contributed by atoms with van der Waals surface area (Å²) in [6, 6.07) is 8.60. The van der Waals surface area contributed by atoms with Crippen LogP contribution in [0.15, 0.2) is 30.5 Å². The Morgan fingerprint density at radius 3 is 2.91 bits per heavy atom. The van der Waals surface area contributed by atoms with Crippen LogP contribution in [0.5, 0.6) is 0 Å². The van der Waals surface area contributed by atoms with Gasteiger partial charge in [-0.15, -0.1) is 0 Å². The molecule has 0 N–H and O–H groups in total. The summed E-state index contributed by atoms with van der Waals surface area (Å²) in [7, 11) is 2.07. The van der Waals surface area contributed by atoms with Gasteiger partial charge in [0.2, 0.25) is 0 Å². The van der Waals surface area contributed by atoms with Gasteiger partial charge in [0.05, 0.1) is 0 Å². The van der Waals surface area contributed by atoms with Crippen molar-refractivity contribution in [2.75, 3.05) is 0 Å². The fourth-order valence-corrected chi connectivity index (χ4v) is 1.71. The van der Waals surface area contributed by atoms with Gasteiger partial charge in [0, 0.05) is 22.3 Å². The Bertz CT molecular complexity index is 389. The zero-order valence-corrected chi connectivity index (χ0v) is 8.37. The molecule has 0 aliphatic heterocycles. The number of rotatable bonds is 0. The molecule has 1 aromatic heterocycles. The van der Waals surface area contributed by atoms with E-state index in [-0.39, 0.29) is 0 Å². The predicted octanol–water partition coefficient (Wildman–Crippen LogP) is 2.78. The van der Waals surface area contributed by atoms with Crippen molar-refractivity contribution in [2.45, 2.75) is 0 Å². The van der Waals surface area contributed by atoms with E-state index < -0.39 is 0 Å². The first kappa shape index (κ1) is 7.16. The van der Waals surface area contributed by atoms with Crippen LogP contribution in [0.4, 0.5) is 0 Å². The van der Waals surface area contributed by atoms with E-state index in [9.17, 15) is 0 Å². The molecule has 1 aromatic carbocycles. The van der Waals surface area contributed by atoms with Crippen LogP contribution in [0.25, 0.3) is 10.9 Å². The van der Waals surface area contributed by atoms with E-state index in [1.54, 1.807) is 0 Å². The van der Waals surface area contributed by atoms with Crippen molar-refractivity contribution in [3.05, 3.63) is 34.0 Å². The van der Waals surface area contributed by atoms with Gasteiger partial charge in [-0.25, -0.2) is 0 Å². The van der Waals surface area contributed by atoms with Crippen molar-refractivity contribution < 1.29 is 0 Å². The molecule has 11 heavy (non-hydrogen) atoms. The molecule has 0 saturated carbocycles. The minimum Gasteiger partial charge on any atom is -0.351 e. The van der Waals surface area contributed by atoms with Crippen molar-refractivity contribution in [3.8, 4) is 0 Å². The molecule has 1 heterocycles. The Morgan fingerprint density at radius 1 is 1.27 bits per heavy atom. The molecular weight excluding hydrogens is 249 g/mol. The van der Waals surface area contributed by atoms with Gasteiger partial charge in [-0.2, -0.15) is 0 Å². The summed E-state index contributed by atoms with van der Waals surface area (Å²) in [4.78, 5) is 0. The van der Waals surface area contributed by atoms with Crippen LogP contribution in [-0.2, 0) is 7.05 Å². The number of benzene rings is 1. The molecule has 56 valence electrons. The Kier molecular flexibility index (Phi) is 1.64. The average molecular weight is 257 g/mol. The van der Waals surface area contributed by atoms with Crippen LogP contribution < -0.4 is 0 Å². The van der Waals surface area contributed by atoms with Gasteiger partial charge in [-0.1, -0.05) is 6.07 Å². The third kappa shape index (κ3) is 1.15. The first-order chi connectivity index (χ1) is 5.27. The van der Waals surface area contributed by atoms with E-state index in [4.69, 9.17) is 0 Å². The second-order valence-electron chi connectivity index (χ2n) is 2.63. The van der Waals surface area contributed by atoms with E-state index in [0.717, 1.165) is 0 Å². The molecule has 2 heteroatoms. The minimum absolute atomic E-state index is 1.29. The smallest absolute Gasteiger partial charge is 0.0488 e. The zero-order valence-electron chi connectivity index (χ0n) is 6.21. The van der Waals surface area contributed by atoms with Crippen molar-refractivity contribution in [1.29, 1.82) is 0 Å². The Balaban J connectivity index is 2.87. The molecular formula is C9H8IN. The fourth-order valence-electron chi connectivity index (χ4n) is 1.24. The maximum absolute atomic E-state index is 2.33. The number of halogens is 1.